The van der Waals surface area contributed by atoms with E-state index in [4.69, 9.17) is 4.74 Å². The Hall–Kier alpha value is -2.14. The molecule has 5 heteroatoms. The molecule has 4 nitrogen and oxygen atoms in total. The van der Waals surface area contributed by atoms with Gasteiger partial charge in [-0.05, 0) is 36.8 Å². The molecule has 2 rings (SSSR count). The summed E-state index contributed by atoms with van der Waals surface area (Å²) in [6.07, 6.45) is 0. The highest BCUT2D eigenvalue weighted by Crippen LogP contribution is 2.23. The maximum Gasteiger partial charge on any atom is 0.349 e. The molecule has 0 amide bonds. The first-order valence-electron chi connectivity index (χ1n) is 5.79. The Morgan fingerprint density at radius 1 is 1.05 bits per heavy atom. The van der Waals surface area contributed by atoms with Gasteiger partial charge in [-0.2, -0.15) is 0 Å². The topological polar surface area (TPSA) is 63.6 Å². The third kappa shape index (κ3) is 3.05. The molecular weight excluding hydrogens is 324 g/mol. The quantitative estimate of drug-likeness (QED) is 0.674. The minimum Gasteiger partial charge on any atom is -0.507 e. The number of aromatic hydroxyl groups is 1. The van der Waals surface area contributed by atoms with E-state index in [0.717, 1.165) is 0 Å². The second-order valence-electron chi connectivity index (χ2n) is 4.15. The van der Waals surface area contributed by atoms with Crippen LogP contribution >= 0.6 is 15.9 Å². The van der Waals surface area contributed by atoms with E-state index in [2.05, 4.69) is 15.9 Å². The molecule has 0 aromatic heterocycles. The number of rotatable bonds is 2. The smallest absolute Gasteiger partial charge is 0.349 e. The van der Waals surface area contributed by atoms with Crippen LogP contribution in [0.25, 0.3) is 0 Å². The maximum absolute atomic E-state index is 11.9. The lowest BCUT2D eigenvalue weighted by Crippen LogP contribution is -2.14. The minimum atomic E-state index is -0.892. The second-order valence-corrected chi connectivity index (χ2v) is 5.07. The first kappa shape index (κ1) is 14.3. The standard InChI is InChI=1S/C15H11BrO4/c1-9-4-2-3-5-11(9)14(18)20-15(19)12-8-10(16)6-7-13(12)17/h2-8,17H,1H3. The van der Waals surface area contributed by atoms with E-state index in [1.807, 2.05) is 0 Å². The average Bonchev–Trinajstić information content (AvgIpc) is 2.41. The minimum absolute atomic E-state index is 0.0682. The van der Waals surface area contributed by atoms with Gasteiger partial charge in [-0.15, -0.1) is 0 Å². The van der Waals surface area contributed by atoms with Crippen molar-refractivity contribution in [3.63, 3.8) is 0 Å². The van der Waals surface area contributed by atoms with Crippen molar-refractivity contribution in [2.45, 2.75) is 6.92 Å². The van der Waals surface area contributed by atoms with Crippen LogP contribution in [-0.4, -0.2) is 17.0 Å². The van der Waals surface area contributed by atoms with E-state index >= 15 is 0 Å². The van der Waals surface area contributed by atoms with Crippen molar-refractivity contribution in [2.24, 2.45) is 0 Å². The van der Waals surface area contributed by atoms with E-state index in [1.54, 1.807) is 37.3 Å². The van der Waals surface area contributed by atoms with Gasteiger partial charge in [-0.25, -0.2) is 9.59 Å². The zero-order valence-electron chi connectivity index (χ0n) is 10.6. The van der Waals surface area contributed by atoms with Crippen LogP contribution in [0.15, 0.2) is 46.9 Å². The number of phenolic OH excluding ortho intramolecular Hbond substituents is 1. The molecule has 1 N–H and O–H groups in total. The SMILES string of the molecule is Cc1ccccc1C(=O)OC(=O)c1cc(Br)ccc1O. The van der Waals surface area contributed by atoms with Crippen LogP contribution in [0.1, 0.15) is 26.3 Å². The first-order valence-corrected chi connectivity index (χ1v) is 6.59. The van der Waals surface area contributed by atoms with Crippen molar-refractivity contribution in [1.82, 2.24) is 0 Å². The molecule has 102 valence electrons. The number of phenols is 1. The number of benzene rings is 2. The highest BCUT2D eigenvalue weighted by atomic mass is 79.9. The molecule has 0 bridgehead atoms. The zero-order valence-corrected chi connectivity index (χ0v) is 12.2. The van der Waals surface area contributed by atoms with Gasteiger partial charge >= 0.3 is 11.9 Å². The van der Waals surface area contributed by atoms with Gasteiger partial charge < -0.3 is 9.84 Å². The molecule has 0 aliphatic carbocycles. The Morgan fingerprint density at radius 2 is 1.70 bits per heavy atom. The largest absolute Gasteiger partial charge is 0.507 e. The summed E-state index contributed by atoms with van der Waals surface area (Å²) in [5, 5.41) is 9.61. The van der Waals surface area contributed by atoms with Gasteiger partial charge in [0.15, 0.2) is 0 Å². The lowest BCUT2D eigenvalue weighted by Gasteiger charge is -2.07. The lowest BCUT2D eigenvalue weighted by atomic mass is 10.1. The molecule has 0 saturated carbocycles. The highest BCUT2D eigenvalue weighted by molar-refractivity contribution is 9.10. The number of hydrogen-bond donors (Lipinski definition) is 1. The molecule has 20 heavy (non-hydrogen) atoms. The summed E-state index contributed by atoms with van der Waals surface area (Å²) >= 11 is 3.18. The van der Waals surface area contributed by atoms with Gasteiger partial charge in [0.1, 0.15) is 11.3 Å². The number of carbonyl (C=O) groups excluding carboxylic acids is 2. The number of hydrogen-bond acceptors (Lipinski definition) is 4. The number of halogens is 1. The van der Waals surface area contributed by atoms with Crippen molar-refractivity contribution < 1.29 is 19.4 Å². The summed E-state index contributed by atoms with van der Waals surface area (Å²) < 4.78 is 5.38. The highest BCUT2D eigenvalue weighted by Gasteiger charge is 2.19. The molecule has 0 unspecified atom stereocenters. The van der Waals surface area contributed by atoms with E-state index in [0.29, 0.717) is 15.6 Å². The second kappa shape index (κ2) is 5.88. The van der Waals surface area contributed by atoms with Gasteiger partial charge in [0.05, 0.1) is 5.56 Å². The molecular formula is C15H11BrO4. The molecule has 0 saturated heterocycles. The van der Waals surface area contributed by atoms with E-state index < -0.39 is 11.9 Å². The van der Waals surface area contributed by atoms with Crippen LogP contribution in [0.3, 0.4) is 0 Å². The summed E-state index contributed by atoms with van der Waals surface area (Å²) in [6.45, 7) is 1.75. The monoisotopic (exact) mass is 334 g/mol. The zero-order chi connectivity index (χ0) is 14.7. The number of ether oxygens (including phenoxy) is 1. The van der Waals surface area contributed by atoms with Crippen molar-refractivity contribution in [3.05, 3.63) is 63.6 Å². The molecule has 2 aromatic carbocycles. The fourth-order valence-electron chi connectivity index (χ4n) is 1.67. The Labute approximate surface area is 124 Å². The summed E-state index contributed by atoms with van der Waals surface area (Å²) in [4.78, 5) is 23.8. The first-order chi connectivity index (χ1) is 9.49. The Balaban J connectivity index is 2.22. The van der Waals surface area contributed by atoms with Crippen LogP contribution in [-0.2, 0) is 4.74 Å². The number of carbonyl (C=O) groups is 2. The molecule has 0 aliphatic rings. The molecule has 0 heterocycles. The van der Waals surface area contributed by atoms with Gasteiger partial charge in [0.2, 0.25) is 0 Å². The normalized spacial score (nSPS) is 10.1. The van der Waals surface area contributed by atoms with Crippen LogP contribution in [0.4, 0.5) is 0 Å². The Bertz CT molecular complexity index is 679. The van der Waals surface area contributed by atoms with E-state index in [1.165, 1.54) is 12.1 Å². The van der Waals surface area contributed by atoms with Gasteiger partial charge in [0, 0.05) is 4.47 Å². The Morgan fingerprint density at radius 3 is 2.40 bits per heavy atom. The molecule has 0 radical (unpaired) electrons. The lowest BCUT2D eigenvalue weighted by molar-refractivity contribution is 0.0395. The summed E-state index contributed by atoms with van der Waals surface area (Å²) in [5.74, 6) is -1.87. The van der Waals surface area contributed by atoms with Crippen LogP contribution in [0.5, 0.6) is 5.75 Å². The Kier molecular flexibility index (Phi) is 4.20. The van der Waals surface area contributed by atoms with Crippen molar-refractivity contribution in [2.75, 3.05) is 0 Å². The van der Waals surface area contributed by atoms with Crippen LogP contribution < -0.4 is 0 Å². The van der Waals surface area contributed by atoms with Gasteiger partial charge in [0.25, 0.3) is 0 Å². The van der Waals surface area contributed by atoms with Crippen LogP contribution in [0, 0.1) is 6.92 Å². The predicted molar refractivity (Wildman–Crippen MR) is 76.7 cm³/mol. The summed E-state index contributed by atoms with van der Waals surface area (Å²) in [6, 6.07) is 11.1. The number of esters is 2. The summed E-state index contributed by atoms with van der Waals surface area (Å²) in [7, 11) is 0. The molecule has 0 spiro atoms. The molecule has 0 atom stereocenters. The fraction of sp³-hybridized carbons (Fsp3) is 0.0667. The van der Waals surface area contributed by atoms with Crippen molar-refractivity contribution in [1.29, 1.82) is 0 Å². The molecule has 0 fully saturated rings. The molecule has 2 aromatic rings. The van der Waals surface area contributed by atoms with Gasteiger partial charge in [-0.3, -0.25) is 0 Å². The van der Waals surface area contributed by atoms with E-state index in [9.17, 15) is 14.7 Å². The average molecular weight is 335 g/mol. The predicted octanol–water partition coefficient (Wildman–Crippen LogP) is 3.46. The third-order valence-electron chi connectivity index (χ3n) is 2.73. The van der Waals surface area contributed by atoms with Crippen LogP contribution in [0.2, 0.25) is 0 Å². The van der Waals surface area contributed by atoms with Crippen molar-refractivity contribution >= 4 is 27.9 Å². The van der Waals surface area contributed by atoms with Crippen molar-refractivity contribution in [3.8, 4) is 5.75 Å². The van der Waals surface area contributed by atoms with Gasteiger partial charge in [-0.1, -0.05) is 34.1 Å². The summed E-state index contributed by atoms with van der Waals surface area (Å²) in [5.41, 5.74) is 0.959. The maximum atomic E-state index is 11.9. The third-order valence-corrected chi connectivity index (χ3v) is 3.22. The molecule has 0 aliphatic heterocycles. The fourth-order valence-corrected chi connectivity index (χ4v) is 2.03. The van der Waals surface area contributed by atoms with E-state index in [-0.39, 0.29) is 11.3 Å². The number of aryl methyl sites for hydroxylation is 1.